The molecule has 1 aliphatic rings. The van der Waals surface area contributed by atoms with Crippen molar-refractivity contribution >= 4 is 27.3 Å². The van der Waals surface area contributed by atoms with Crippen molar-refractivity contribution in [2.24, 2.45) is 0 Å². The minimum atomic E-state index is 0.313. The van der Waals surface area contributed by atoms with E-state index in [0.717, 1.165) is 5.92 Å². The van der Waals surface area contributed by atoms with Crippen molar-refractivity contribution in [1.82, 2.24) is 5.32 Å². The van der Waals surface area contributed by atoms with Crippen molar-refractivity contribution in [1.29, 1.82) is 0 Å². The summed E-state index contributed by atoms with van der Waals surface area (Å²) >= 11 is 5.38. The lowest BCUT2D eigenvalue weighted by Crippen LogP contribution is -2.20. The summed E-state index contributed by atoms with van der Waals surface area (Å²) < 4.78 is 1.20. The molecule has 0 saturated heterocycles. The van der Waals surface area contributed by atoms with E-state index in [0.29, 0.717) is 6.04 Å². The molecular weight excluding hydrogens is 318 g/mol. The molecule has 3 rings (SSSR count). The standard InChI is InChI=1S/C16H18BrNS/c1-18-16(14-9-10-15(17)19-14)13-8-3-2-7-12(13)11-5-4-6-11/h2-3,7-11,16,18H,4-6H2,1H3. The molecule has 1 nitrogen and oxygen atoms in total. The molecule has 1 aromatic carbocycles. The number of hydrogen-bond donors (Lipinski definition) is 1. The van der Waals surface area contributed by atoms with Gasteiger partial charge in [-0.2, -0.15) is 0 Å². The molecule has 1 atom stereocenters. The maximum absolute atomic E-state index is 3.57. The van der Waals surface area contributed by atoms with Crippen molar-refractivity contribution in [3.8, 4) is 0 Å². The maximum atomic E-state index is 3.57. The zero-order chi connectivity index (χ0) is 13.2. The zero-order valence-electron chi connectivity index (χ0n) is 11.0. The Morgan fingerprint density at radius 3 is 2.58 bits per heavy atom. The average molecular weight is 336 g/mol. The van der Waals surface area contributed by atoms with E-state index in [-0.39, 0.29) is 0 Å². The van der Waals surface area contributed by atoms with Crippen LogP contribution in [0.5, 0.6) is 0 Å². The van der Waals surface area contributed by atoms with Gasteiger partial charge in [0.15, 0.2) is 0 Å². The SMILES string of the molecule is CNC(c1ccc(Br)s1)c1ccccc1C1CCC1. The fraction of sp³-hybridized carbons (Fsp3) is 0.375. The fourth-order valence-corrected chi connectivity index (χ4v) is 4.35. The molecule has 1 heterocycles. The summed E-state index contributed by atoms with van der Waals surface area (Å²) in [5.74, 6) is 0.774. The van der Waals surface area contributed by atoms with Crippen molar-refractivity contribution in [3.63, 3.8) is 0 Å². The topological polar surface area (TPSA) is 12.0 Å². The number of halogens is 1. The van der Waals surface area contributed by atoms with Gasteiger partial charge in [0.2, 0.25) is 0 Å². The zero-order valence-corrected chi connectivity index (χ0v) is 13.4. The van der Waals surface area contributed by atoms with Gasteiger partial charge in [-0.25, -0.2) is 0 Å². The number of hydrogen-bond acceptors (Lipinski definition) is 2. The predicted octanol–water partition coefficient (Wildman–Crippen LogP) is 5.09. The van der Waals surface area contributed by atoms with Crippen LogP contribution in [0.2, 0.25) is 0 Å². The van der Waals surface area contributed by atoms with Gasteiger partial charge in [0.25, 0.3) is 0 Å². The molecule has 0 spiro atoms. The molecule has 1 aromatic heterocycles. The van der Waals surface area contributed by atoms with Crippen molar-refractivity contribution in [3.05, 3.63) is 56.2 Å². The fourth-order valence-electron chi connectivity index (χ4n) is 2.80. The Kier molecular flexibility index (Phi) is 4.06. The normalized spacial score (nSPS) is 17.2. The van der Waals surface area contributed by atoms with E-state index >= 15 is 0 Å². The summed E-state index contributed by atoms with van der Waals surface area (Å²) in [5, 5.41) is 3.48. The molecule has 0 bridgehead atoms. The maximum Gasteiger partial charge on any atom is 0.0702 e. The van der Waals surface area contributed by atoms with Crippen LogP contribution in [0, 0.1) is 0 Å². The van der Waals surface area contributed by atoms with Gasteiger partial charge in [0, 0.05) is 4.88 Å². The van der Waals surface area contributed by atoms with E-state index in [9.17, 15) is 0 Å². The highest BCUT2D eigenvalue weighted by Gasteiger charge is 2.25. The van der Waals surface area contributed by atoms with Crippen LogP contribution in [-0.2, 0) is 0 Å². The molecule has 1 unspecified atom stereocenters. The average Bonchev–Trinajstić information content (AvgIpc) is 2.77. The first-order chi connectivity index (χ1) is 9.29. The largest absolute Gasteiger partial charge is 0.309 e. The number of benzene rings is 1. The monoisotopic (exact) mass is 335 g/mol. The smallest absolute Gasteiger partial charge is 0.0702 e. The molecule has 1 N–H and O–H groups in total. The van der Waals surface area contributed by atoms with Crippen LogP contribution in [0.25, 0.3) is 0 Å². The van der Waals surface area contributed by atoms with Crippen LogP contribution in [0.1, 0.15) is 47.2 Å². The third kappa shape index (κ3) is 2.64. The van der Waals surface area contributed by atoms with Gasteiger partial charge in [-0.3, -0.25) is 0 Å². The summed E-state index contributed by atoms with van der Waals surface area (Å²) in [7, 11) is 2.05. The van der Waals surface area contributed by atoms with Gasteiger partial charge in [0.1, 0.15) is 0 Å². The van der Waals surface area contributed by atoms with E-state index in [1.54, 1.807) is 0 Å². The Balaban J connectivity index is 1.99. The van der Waals surface area contributed by atoms with E-state index in [2.05, 4.69) is 64.7 Å². The van der Waals surface area contributed by atoms with Crippen molar-refractivity contribution < 1.29 is 0 Å². The lowest BCUT2D eigenvalue weighted by Gasteiger charge is -2.30. The minimum absolute atomic E-state index is 0.313. The van der Waals surface area contributed by atoms with Crippen LogP contribution in [0.15, 0.2) is 40.2 Å². The van der Waals surface area contributed by atoms with Crippen LogP contribution in [0.4, 0.5) is 0 Å². The second-order valence-corrected chi connectivity index (χ2v) is 7.61. The molecule has 1 aliphatic carbocycles. The minimum Gasteiger partial charge on any atom is -0.309 e. The van der Waals surface area contributed by atoms with Crippen LogP contribution >= 0.6 is 27.3 Å². The Bertz CT molecular complexity index is 559. The predicted molar refractivity (Wildman–Crippen MR) is 86.0 cm³/mol. The Labute approximate surface area is 127 Å². The molecule has 1 fully saturated rings. The molecule has 0 aliphatic heterocycles. The number of nitrogens with one attached hydrogen (secondary N) is 1. The van der Waals surface area contributed by atoms with E-state index < -0.39 is 0 Å². The second kappa shape index (κ2) is 5.78. The molecule has 100 valence electrons. The number of rotatable bonds is 4. The Morgan fingerprint density at radius 1 is 1.21 bits per heavy atom. The lowest BCUT2D eigenvalue weighted by atomic mass is 9.77. The lowest BCUT2D eigenvalue weighted by molar-refractivity contribution is 0.415. The van der Waals surface area contributed by atoms with Crippen molar-refractivity contribution in [2.45, 2.75) is 31.2 Å². The summed E-state index contributed by atoms with van der Waals surface area (Å²) in [4.78, 5) is 1.38. The highest BCUT2D eigenvalue weighted by molar-refractivity contribution is 9.11. The van der Waals surface area contributed by atoms with Gasteiger partial charge >= 0.3 is 0 Å². The molecular formula is C16H18BrNS. The van der Waals surface area contributed by atoms with Gasteiger partial charge in [-0.15, -0.1) is 11.3 Å². The van der Waals surface area contributed by atoms with Gasteiger partial charge in [0.05, 0.1) is 9.83 Å². The summed E-state index contributed by atoms with van der Waals surface area (Å²) in [6.45, 7) is 0. The summed E-state index contributed by atoms with van der Waals surface area (Å²) in [6, 6.07) is 13.6. The first kappa shape index (κ1) is 13.3. The van der Waals surface area contributed by atoms with E-state index in [1.165, 1.54) is 39.1 Å². The second-order valence-electron chi connectivity index (χ2n) is 5.12. The molecule has 0 radical (unpaired) electrons. The third-order valence-electron chi connectivity index (χ3n) is 4.02. The van der Waals surface area contributed by atoms with Gasteiger partial charge in [-0.1, -0.05) is 30.7 Å². The van der Waals surface area contributed by atoms with E-state index in [1.807, 2.05) is 11.3 Å². The van der Waals surface area contributed by atoms with Crippen LogP contribution < -0.4 is 5.32 Å². The van der Waals surface area contributed by atoms with E-state index in [4.69, 9.17) is 0 Å². The summed E-state index contributed by atoms with van der Waals surface area (Å²) in [6.07, 6.45) is 4.08. The first-order valence-corrected chi connectivity index (χ1v) is 8.42. The Morgan fingerprint density at radius 2 is 2.00 bits per heavy atom. The number of thiophene rings is 1. The van der Waals surface area contributed by atoms with Crippen LogP contribution in [0.3, 0.4) is 0 Å². The highest BCUT2D eigenvalue weighted by Crippen LogP contribution is 2.41. The van der Waals surface area contributed by atoms with Gasteiger partial charge < -0.3 is 5.32 Å². The summed E-state index contributed by atoms with van der Waals surface area (Å²) in [5.41, 5.74) is 2.99. The van der Waals surface area contributed by atoms with Gasteiger partial charge in [-0.05, 0) is 65.0 Å². The molecule has 1 saturated carbocycles. The van der Waals surface area contributed by atoms with Crippen molar-refractivity contribution in [2.75, 3.05) is 7.05 Å². The van der Waals surface area contributed by atoms with Crippen LogP contribution in [-0.4, -0.2) is 7.05 Å². The quantitative estimate of drug-likeness (QED) is 0.820. The molecule has 3 heteroatoms. The Hall–Kier alpha value is -0.640. The highest BCUT2D eigenvalue weighted by atomic mass is 79.9. The third-order valence-corrected chi connectivity index (χ3v) is 5.71. The molecule has 19 heavy (non-hydrogen) atoms. The first-order valence-electron chi connectivity index (χ1n) is 6.81. The molecule has 0 amide bonds. The molecule has 2 aromatic rings.